The van der Waals surface area contributed by atoms with Crippen molar-refractivity contribution in [2.75, 3.05) is 0 Å². The van der Waals surface area contributed by atoms with Crippen LogP contribution in [0.2, 0.25) is 0 Å². The summed E-state index contributed by atoms with van der Waals surface area (Å²) in [5, 5.41) is 20.2. The first-order valence-electron chi connectivity index (χ1n) is 6.30. The van der Waals surface area contributed by atoms with Crippen molar-refractivity contribution in [1.29, 1.82) is 5.26 Å². The Bertz CT molecular complexity index is 553. The molecule has 2 rings (SSSR count). The van der Waals surface area contributed by atoms with E-state index in [0.29, 0.717) is 12.3 Å². The molecule has 1 aromatic carbocycles. The predicted octanol–water partition coefficient (Wildman–Crippen LogP) is 4.23. The van der Waals surface area contributed by atoms with Crippen LogP contribution in [-0.2, 0) is 6.42 Å². The second-order valence-electron chi connectivity index (χ2n) is 5.45. The Morgan fingerprint density at radius 3 is 2.84 bits per heavy atom. The number of hydrogen-bond acceptors (Lipinski definition) is 3. The van der Waals surface area contributed by atoms with Crippen LogP contribution in [0.4, 0.5) is 5.69 Å². The van der Waals surface area contributed by atoms with E-state index in [1.807, 2.05) is 0 Å². The first-order valence-corrected chi connectivity index (χ1v) is 7.09. The van der Waals surface area contributed by atoms with Crippen molar-refractivity contribution in [3.63, 3.8) is 0 Å². The molecule has 5 heteroatoms. The Morgan fingerprint density at radius 1 is 1.63 bits per heavy atom. The summed E-state index contributed by atoms with van der Waals surface area (Å²) in [6.07, 6.45) is 3.56. The smallest absolute Gasteiger partial charge is 0.258 e. The van der Waals surface area contributed by atoms with E-state index in [2.05, 4.69) is 28.9 Å². The summed E-state index contributed by atoms with van der Waals surface area (Å²) in [4.78, 5) is 10.3. The molecular formula is C14H15BrN2O2. The number of benzene rings is 1. The summed E-state index contributed by atoms with van der Waals surface area (Å²) < 4.78 is 0.718. The van der Waals surface area contributed by atoms with Gasteiger partial charge in [-0.3, -0.25) is 10.1 Å². The SMILES string of the molecule is CC1CCC(C#N)(Cc2ccc([N+](=O)[O-])cc2Br)C1. The van der Waals surface area contributed by atoms with Crippen LogP contribution in [0.1, 0.15) is 31.7 Å². The van der Waals surface area contributed by atoms with Gasteiger partial charge >= 0.3 is 0 Å². The minimum atomic E-state index is -0.410. The molecule has 0 heterocycles. The first-order chi connectivity index (χ1) is 8.96. The number of nitro benzene ring substituents is 1. The highest BCUT2D eigenvalue weighted by molar-refractivity contribution is 9.10. The highest BCUT2D eigenvalue weighted by atomic mass is 79.9. The Balaban J connectivity index is 2.24. The van der Waals surface area contributed by atoms with Gasteiger partial charge in [0.2, 0.25) is 0 Å². The normalized spacial score (nSPS) is 26.1. The van der Waals surface area contributed by atoms with E-state index < -0.39 is 4.92 Å². The predicted molar refractivity (Wildman–Crippen MR) is 75.6 cm³/mol. The molecule has 0 amide bonds. The molecular weight excluding hydrogens is 308 g/mol. The summed E-state index contributed by atoms with van der Waals surface area (Å²) in [5.41, 5.74) is 0.737. The Kier molecular flexibility index (Phi) is 3.91. The molecule has 19 heavy (non-hydrogen) atoms. The van der Waals surface area contributed by atoms with Crippen LogP contribution < -0.4 is 0 Å². The number of halogens is 1. The molecule has 0 aromatic heterocycles. The molecule has 0 saturated heterocycles. The van der Waals surface area contributed by atoms with E-state index in [0.717, 1.165) is 29.3 Å². The number of nitrogens with zero attached hydrogens (tertiary/aromatic N) is 2. The highest BCUT2D eigenvalue weighted by Gasteiger charge is 2.38. The zero-order chi connectivity index (χ0) is 14.0. The highest BCUT2D eigenvalue weighted by Crippen LogP contribution is 2.44. The maximum Gasteiger partial charge on any atom is 0.270 e. The van der Waals surface area contributed by atoms with Gasteiger partial charge in [0.1, 0.15) is 0 Å². The third-order valence-corrected chi connectivity index (χ3v) is 4.61. The van der Waals surface area contributed by atoms with Crippen molar-refractivity contribution in [3.8, 4) is 6.07 Å². The fourth-order valence-electron chi connectivity index (χ4n) is 2.85. The van der Waals surface area contributed by atoms with Gasteiger partial charge in [-0.1, -0.05) is 28.9 Å². The molecule has 4 nitrogen and oxygen atoms in total. The van der Waals surface area contributed by atoms with E-state index >= 15 is 0 Å². The third kappa shape index (κ3) is 2.95. The van der Waals surface area contributed by atoms with Crippen molar-refractivity contribution in [2.45, 2.75) is 32.6 Å². The van der Waals surface area contributed by atoms with Crippen molar-refractivity contribution in [1.82, 2.24) is 0 Å². The minimum absolute atomic E-state index is 0.0708. The molecule has 0 N–H and O–H groups in total. The Labute approximate surface area is 120 Å². The Hall–Kier alpha value is -1.41. The van der Waals surface area contributed by atoms with E-state index in [9.17, 15) is 15.4 Å². The van der Waals surface area contributed by atoms with Crippen LogP contribution >= 0.6 is 15.9 Å². The Morgan fingerprint density at radius 2 is 2.37 bits per heavy atom. The molecule has 2 unspecified atom stereocenters. The van der Waals surface area contributed by atoms with E-state index in [1.165, 1.54) is 12.1 Å². The quantitative estimate of drug-likeness (QED) is 0.617. The molecule has 0 spiro atoms. The van der Waals surface area contributed by atoms with Gasteiger partial charge in [0, 0.05) is 16.6 Å². The summed E-state index contributed by atoms with van der Waals surface area (Å²) in [6, 6.07) is 7.24. The average Bonchev–Trinajstić information content (AvgIpc) is 2.74. The monoisotopic (exact) mass is 322 g/mol. The van der Waals surface area contributed by atoms with E-state index in [1.54, 1.807) is 6.07 Å². The lowest BCUT2D eigenvalue weighted by atomic mass is 9.81. The molecule has 0 aliphatic heterocycles. The largest absolute Gasteiger partial charge is 0.270 e. The number of nitriles is 1. The molecule has 0 bridgehead atoms. The van der Waals surface area contributed by atoms with Crippen molar-refractivity contribution in [2.24, 2.45) is 11.3 Å². The molecule has 1 aliphatic carbocycles. The number of non-ortho nitro benzene ring substituents is 1. The van der Waals surface area contributed by atoms with Gasteiger partial charge in [-0.05, 0) is 37.2 Å². The van der Waals surface area contributed by atoms with E-state index in [-0.39, 0.29) is 11.1 Å². The standard InChI is InChI=1S/C14H15BrN2O2/c1-10-4-5-14(7-10,9-16)8-11-2-3-12(17(18)19)6-13(11)15/h2-3,6,10H,4-5,7-8H2,1H3. The second-order valence-corrected chi connectivity index (χ2v) is 6.30. The maximum absolute atomic E-state index is 10.7. The summed E-state index contributed by atoms with van der Waals surface area (Å²) in [6.45, 7) is 2.17. The minimum Gasteiger partial charge on any atom is -0.258 e. The van der Waals surface area contributed by atoms with Crippen LogP contribution in [0.15, 0.2) is 22.7 Å². The maximum atomic E-state index is 10.7. The molecule has 2 atom stereocenters. The second kappa shape index (κ2) is 5.30. The van der Waals surface area contributed by atoms with Gasteiger partial charge in [-0.2, -0.15) is 5.26 Å². The van der Waals surface area contributed by atoms with Gasteiger partial charge in [0.05, 0.1) is 16.4 Å². The zero-order valence-electron chi connectivity index (χ0n) is 10.7. The molecule has 100 valence electrons. The van der Waals surface area contributed by atoms with Crippen molar-refractivity contribution >= 4 is 21.6 Å². The van der Waals surface area contributed by atoms with Crippen molar-refractivity contribution < 1.29 is 4.92 Å². The van der Waals surface area contributed by atoms with Gasteiger partial charge in [0.25, 0.3) is 5.69 Å². The van der Waals surface area contributed by atoms with Crippen LogP contribution in [0.3, 0.4) is 0 Å². The lowest BCUT2D eigenvalue weighted by Gasteiger charge is -2.21. The van der Waals surface area contributed by atoms with Crippen LogP contribution in [0.5, 0.6) is 0 Å². The molecule has 1 aliphatic rings. The molecule has 1 aromatic rings. The molecule has 1 saturated carbocycles. The molecule has 0 radical (unpaired) electrons. The number of nitro groups is 1. The summed E-state index contributed by atoms with van der Waals surface area (Å²) >= 11 is 3.38. The first kappa shape index (κ1) is 14.0. The third-order valence-electron chi connectivity index (χ3n) is 3.87. The number of rotatable bonds is 3. The van der Waals surface area contributed by atoms with Gasteiger partial charge in [-0.15, -0.1) is 0 Å². The van der Waals surface area contributed by atoms with Gasteiger partial charge in [0.15, 0.2) is 0 Å². The number of hydrogen-bond donors (Lipinski definition) is 0. The summed E-state index contributed by atoms with van der Waals surface area (Å²) in [5.74, 6) is 0.580. The fraction of sp³-hybridized carbons (Fsp3) is 0.500. The van der Waals surface area contributed by atoms with Crippen LogP contribution in [0, 0.1) is 32.8 Å². The fourth-order valence-corrected chi connectivity index (χ4v) is 3.36. The average molecular weight is 323 g/mol. The van der Waals surface area contributed by atoms with Crippen LogP contribution in [0.25, 0.3) is 0 Å². The van der Waals surface area contributed by atoms with E-state index in [4.69, 9.17) is 0 Å². The lowest BCUT2D eigenvalue weighted by molar-refractivity contribution is -0.384. The summed E-state index contributed by atoms with van der Waals surface area (Å²) in [7, 11) is 0. The molecule has 1 fully saturated rings. The topological polar surface area (TPSA) is 66.9 Å². The zero-order valence-corrected chi connectivity index (χ0v) is 12.3. The van der Waals surface area contributed by atoms with Crippen molar-refractivity contribution in [3.05, 3.63) is 38.3 Å². The lowest BCUT2D eigenvalue weighted by Crippen LogP contribution is -2.18. The van der Waals surface area contributed by atoms with Gasteiger partial charge in [-0.25, -0.2) is 0 Å². The van der Waals surface area contributed by atoms with Crippen LogP contribution in [-0.4, -0.2) is 4.92 Å². The van der Waals surface area contributed by atoms with Gasteiger partial charge < -0.3 is 0 Å².